The molecule has 0 heterocycles. The van der Waals surface area contributed by atoms with Crippen molar-refractivity contribution in [1.29, 1.82) is 5.41 Å². The van der Waals surface area contributed by atoms with Crippen molar-refractivity contribution in [2.75, 3.05) is 13.6 Å². The lowest BCUT2D eigenvalue weighted by Gasteiger charge is -2.29. The summed E-state index contributed by atoms with van der Waals surface area (Å²) in [6, 6.07) is 0. The lowest BCUT2D eigenvalue weighted by atomic mass is 9.88. The molecule has 0 amide bonds. The third-order valence-electron chi connectivity index (χ3n) is 3.63. The number of nitrogens with one attached hydrogen (secondary N) is 1. The van der Waals surface area contributed by atoms with Crippen LogP contribution in [0.2, 0.25) is 0 Å². The van der Waals surface area contributed by atoms with E-state index in [2.05, 4.69) is 11.9 Å². The number of rotatable bonds is 3. The lowest BCUT2D eigenvalue weighted by molar-refractivity contribution is 0.378. The standard InChI is InChI=1S/C12H22N2/c1-14(9-10-7-8-10)12(13)11-5-3-2-4-6-11/h10-11,13H,2-9H2,1H3. The Morgan fingerprint density at radius 3 is 2.36 bits per heavy atom. The van der Waals surface area contributed by atoms with Crippen LogP contribution in [-0.4, -0.2) is 24.3 Å². The Balaban J connectivity index is 1.79. The van der Waals surface area contributed by atoms with Gasteiger partial charge in [-0.2, -0.15) is 0 Å². The monoisotopic (exact) mass is 194 g/mol. The number of hydrogen-bond donors (Lipinski definition) is 1. The Hall–Kier alpha value is -0.530. The SMILES string of the molecule is CN(CC1CC1)C(=N)C1CCCCC1. The first-order chi connectivity index (χ1) is 6.77. The van der Waals surface area contributed by atoms with Crippen LogP contribution in [0.1, 0.15) is 44.9 Å². The van der Waals surface area contributed by atoms with Gasteiger partial charge in [0.1, 0.15) is 0 Å². The summed E-state index contributed by atoms with van der Waals surface area (Å²) in [4.78, 5) is 2.20. The second-order valence-corrected chi connectivity index (χ2v) is 5.04. The van der Waals surface area contributed by atoms with Gasteiger partial charge in [0.25, 0.3) is 0 Å². The molecule has 2 fully saturated rings. The van der Waals surface area contributed by atoms with Crippen LogP contribution in [0.4, 0.5) is 0 Å². The van der Waals surface area contributed by atoms with E-state index >= 15 is 0 Å². The fourth-order valence-corrected chi connectivity index (χ4v) is 2.47. The molecular formula is C12H22N2. The van der Waals surface area contributed by atoms with Gasteiger partial charge in [-0.05, 0) is 31.6 Å². The van der Waals surface area contributed by atoms with E-state index in [0.717, 1.165) is 18.3 Å². The van der Waals surface area contributed by atoms with Crippen molar-refractivity contribution in [3.8, 4) is 0 Å². The highest BCUT2D eigenvalue weighted by atomic mass is 15.1. The van der Waals surface area contributed by atoms with Crippen molar-refractivity contribution in [2.45, 2.75) is 44.9 Å². The Morgan fingerprint density at radius 1 is 1.14 bits per heavy atom. The van der Waals surface area contributed by atoms with E-state index < -0.39 is 0 Å². The van der Waals surface area contributed by atoms with Gasteiger partial charge in [-0.25, -0.2) is 0 Å². The summed E-state index contributed by atoms with van der Waals surface area (Å²) < 4.78 is 0. The molecule has 14 heavy (non-hydrogen) atoms. The van der Waals surface area contributed by atoms with Gasteiger partial charge in [-0.15, -0.1) is 0 Å². The molecule has 1 N–H and O–H groups in total. The van der Waals surface area contributed by atoms with Crippen molar-refractivity contribution in [3.63, 3.8) is 0 Å². The van der Waals surface area contributed by atoms with E-state index in [-0.39, 0.29) is 0 Å². The van der Waals surface area contributed by atoms with Crippen molar-refractivity contribution >= 4 is 5.84 Å². The zero-order valence-electron chi connectivity index (χ0n) is 9.26. The minimum atomic E-state index is 0.576. The van der Waals surface area contributed by atoms with E-state index in [4.69, 9.17) is 5.41 Å². The summed E-state index contributed by atoms with van der Waals surface area (Å²) in [5.74, 6) is 2.40. The molecule has 0 aromatic heterocycles. The summed E-state index contributed by atoms with van der Waals surface area (Å²) >= 11 is 0. The van der Waals surface area contributed by atoms with E-state index in [1.165, 1.54) is 44.9 Å². The van der Waals surface area contributed by atoms with Gasteiger partial charge in [0.05, 0.1) is 5.84 Å². The highest BCUT2D eigenvalue weighted by molar-refractivity contribution is 5.81. The zero-order valence-corrected chi connectivity index (χ0v) is 9.26. The lowest BCUT2D eigenvalue weighted by Crippen LogP contribution is -2.34. The van der Waals surface area contributed by atoms with Crippen molar-refractivity contribution in [1.82, 2.24) is 4.90 Å². The minimum Gasteiger partial charge on any atom is -0.363 e. The Bertz CT molecular complexity index is 202. The second-order valence-electron chi connectivity index (χ2n) is 5.04. The van der Waals surface area contributed by atoms with Crippen LogP contribution >= 0.6 is 0 Å². The number of amidine groups is 1. The van der Waals surface area contributed by atoms with E-state index in [0.29, 0.717) is 5.92 Å². The molecule has 0 bridgehead atoms. The summed E-state index contributed by atoms with van der Waals surface area (Å²) in [7, 11) is 2.11. The van der Waals surface area contributed by atoms with Gasteiger partial charge >= 0.3 is 0 Å². The van der Waals surface area contributed by atoms with E-state index in [1.807, 2.05) is 0 Å². The fourth-order valence-electron chi connectivity index (χ4n) is 2.47. The molecule has 80 valence electrons. The first-order valence-corrected chi connectivity index (χ1v) is 6.07. The van der Waals surface area contributed by atoms with Gasteiger partial charge < -0.3 is 4.90 Å². The van der Waals surface area contributed by atoms with Gasteiger partial charge in [0, 0.05) is 19.5 Å². The first kappa shape index (κ1) is 10.0. The molecule has 2 aliphatic carbocycles. The average Bonchev–Trinajstić information content (AvgIpc) is 3.02. The summed E-state index contributed by atoms with van der Waals surface area (Å²) in [5, 5.41) is 8.14. The Kier molecular flexibility index (Phi) is 3.09. The summed E-state index contributed by atoms with van der Waals surface area (Å²) in [6.07, 6.45) is 9.36. The number of nitrogens with zero attached hydrogens (tertiary/aromatic N) is 1. The first-order valence-electron chi connectivity index (χ1n) is 6.07. The molecule has 0 unspecified atom stereocenters. The van der Waals surface area contributed by atoms with E-state index in [9.17, 15) is 0 Å². The maximum absolute atomic E-state index is 8.14. The molecule has 2 nitrogen and oxygen atoms in total. The molecule has 0 aromatic rings. The molecule has 2 rings (SSSR count). The van der Waals surface area contributed by atoms with Crippen molar-refractivity contribution in [3.05, 3.63) is 0 Å². The molecule has 2 saturated carbocycles. The maximum atomic E-state index is 8.14. The van der Waals surface area contributed by atoms with Gasteiger partial charge in [-0.1, -0.05) is 19.3 Å². The van der Waals surface area contributed by atoms with Crippen LogP contribution < -0.4 is 0 Å². The quantitative estimate of drug-likeness (QED) is 0.543. The van der Waals surface area contributed by atoms with E-state index in [1.54, 1.807) is 0 Å². The normalized spacial score (nSPS) is 23.5. The van der Waals surface area contributed by atoms with Crippen LogP contribution in [0.15, 0.2) is 0 Å². The van der Waals surface area contributed by atoms with Crippen LogP contribution in [0.25, 0.3) is 0 Å². The molecule has 2 heteroatoms. The molecule has 0 aromatic carbocycles. The fraction of sp³-hybridized carbons (Fsp3) is 0.917. The van der Waals surface area contributed by atoms with Crippen molar-refractivity contribution < 1.29 is 0 Å². The average molecular weight is 194 g/mol. The van der Waals surface area contributed by atoms with Crippen LogP contribution in [-0.2, 0) is 0 Å². The highest BCUT2D eigenvalue weighted by Gasteiger charge is 2.26. The highest BCUT2D eigenvalue weighted by Crippen LogP contribution is 2.31. The van der Waals surface area contributed by atoms with Gasteiger partial charge in [0.15, 0.2) is 0 Å². The molecule has 2 aliphatic rings. The van der Waals surface area contributed by atoms with Crippen LogP contribution in [0.3, 0.4) is 0 Å². The largest absolute Gasteiger partial charge is 0.363 e. The minimum absolute atomic E-state index is 0.576. The molecule has 0 saturated heterocycles. The van der Waals surface area contributed by atoms with Gasteiger partial charge in [-0.3, -0.25) is 5.41 Å². The maximum Gasteiger partial charge on any atom is 0.0986 e. The predicted octanol–water partition coefficient (Wildman–Crippen LogP) is 2.89. The van der Waals surface area contributed by atoms with Crippen LogP contribution in [0, 0.1) is 17.2 Å². The molecule has 0 aliphatic heterocycles. The van der Waals surface area contributed by atoms with Crippen molar-refractivity contribution in [2.24, 2.45) is 11.8 Å². The number of hydrogen-bond acceptors (Lipinski definition) is 1. The Morgan fingerprint density at radius 2 is 1.79 bits per heavy atom. The van der Waals surface area contributed by atoms with Gasteiger partial charge in [0.2, 0.25) is 0 Å². The third-order valence-corrected chi connectivity index (χ3v) is 3.63. The Labute approximate surface area is 87.2 Å². The van der Waals surface area contributed by atoms with Crippen LogP contribution in [0.5, 0.6) is 0 Å². The second kappa shape index (κ2) is 4.33. The summed E-state index contributed by atoms with van der Waals surface area (Å²) in [5.41, 5.74) is 0. The summed E-state index contributed by atoms with van der Waals surface area (Å²) in [6.45, 7) is 1.13. The third kappa shape index (κ3) is 2.49. The predicted molar refractivity (Wildman–Crippen MR) is 59.7 cm³/mol. The smallest absolute Gasteiger partial charge is 0.0986 e. The topological polar surface area (TPSA) is 27.1 Å². The molecule has 0 atom stereocenters. The molecule has 0 radical (unpaired) electrons. The molecule has 0 spiro atoms. The molecular weight excluding hydrogens is 172 g/mol. The zero-order chi connectivity index (χ0) is 9.97.